The largest absolute Gasteiger partial charge is 0.375 e. The van der Waals surface area contributed by atoms with Crippen LogP contribution >= 0.6 is 0 Å². The zero-order valence-corrected chi connectivity index (χ0v) is 13.8. The van der Waals surface area contributed by atoms with Crippen molar-refractivity contribution in [1.29, 1.82) is 0 Å². The Morgan fingerprint density at radius 1 is 1.04 bits per heavy atom. The maximum atomic E-state index is 6.18. The summed E-state index contributed by atoms with van der Waals surface area (Å²) < 4.78 is 6.18. The molecule has 0 aromatic carbocycles. The summed E-state index contributed by atoms with van der Waals surface area (Å²) in [6.45, 7) is 5.72. The molecule has 126 valence electrons. The molecule has 2 fully saturated rings. The number of piperidine rings is 1. The summed E-state index contributed by atoms with van der Waals surface area (Å²) in [5.74, 6) is 1.40. The molecule has 2 saturated heterocycles. The fraction of sp³-hybridized carbons (Fsp3) is 0.500. The van der Waals surface area contributed by atoms with Crippen LogP contribution in [0.1, 0.15) is 12.0 Å². The minimum atomic E-state index is 0.269. The fourth-order valence-electron chi connectivity index (χ4n) is 3.65. The van der Waals surface area contributed by atoms with E-state index in [-0.39, 0.29) is 6.10 Å². The van der Waals surface area contributed by atoms with Crippen molar-refractivity contribution in [3.63, 3.8) is 0 Å². The zero-order chi connectivity index (χ0) is 16.2. The van der Waals surface area contributed by atoms with Gasteiger partial charge in [-0.2, -0.15) is 0 Å². The molecule has 24 heavy (non-hydrogen) atoms. The van der Waals surface area contributed by atoms with Gasteiger partial charge in [0.15, 0.2) is 0 Å². The SMILES string of the molecule is c1cnc(N2CC[C@H]3CN(Cc4ccncc4)CCO[C@H]3C2)nc1. The lowest BCUT2D eigenvalue weighted by atomic mass is 9.93. The second-order valence-electron chi connectivity index (χ2n) is 6.54. The normalized spacial score (nSPS) is 25.1. The van der Waals surface area contributed by atoms with Crippen LogP contribution in [0.5, 0.6) is 0 Å². The smallest absolute Gasteiger partial charge is 0.225 e. The third kappa shape index (κ3) is 3.55. The van der Waals surface area contributed by atoms with Gasteiger partial charge in [0.25, 0.3) is 0 Å². The van der Waals surface area contributed by atoms with Gasteiger partial charge in [-0.15, -0.1) is 0 Å². The van der Waals surface area contributed by atoms with Crippen molar-refractivity contribution in [3.05, 3.63) is 48.5 Å². The van der Waals surface area contributed by atoms with Crippen molar-refractivity contribution in [1.82, 2.24) is 19.9 Å². The maximum Gasteiger partial charge on any atom is 0.225 e. The average molecular weight is 325 g/mol. The highest BCUT2D eigenvalue weighted by atomic mass is 16.5. The van der Waals surface area contributed by atoms with Crippen molar-refractivity contribution >= 4 is 5.95 Å². The lowest BCUT2D eigenvalue weighted by Crippen LogP contribution is -2.47. The number of aromatic nitrogens is 3. The number of pyridine rings is 1. The summed E-state index contributed by atoms with van der Waals surface area (Å²) in [7, 11) is 0. The molecule has 4 heterocycles. The first-order chi connectivity index (χ1) is 11.9. The summed E-state index contributed by atoms with van der Waals surface area (Å²) >= 11 is 0. The minimum absolute atomic E-state index is 0.269. The second-order valence-corrected chi connectivity index (χ2v) is 6.54. The Bertz CT molecular complexity index is 638. The highest BCUT2D eigenvalue weighted by Crippen LogP contribution is 2.26. The van der Waals surface area contributed by atoms with Crippen molar-refractivity contribution in [3.8, 4) is 0 Å². The molecule has 0 unspecified atom stereocenters. The number of rotatable bonds is 3. The molecule has 0 bridgehead atoms. The Hall–Kier alpha value is -2.05. The first kappa shape index (κ1) is 15.5. The van der Waals surface area contributed by atoms with E-state index < -0.39 is 0 Å². The quantitative estimate of drug-likeness (QED) is 0.854. The molecule has 0 saturated carbocycles. The molecule has 2 aromatic rings. The van der Waals surface area contributed by atoms with Crippen molar-refractivity contribution < 1.29 is 4.74 Å². The third-order valence-corrected chi connectivity index (χ3v) is 4.92. The van der Waals surface area contributed by atoms with E-state index in [2.05, 4.69) is 36.9 Å². The fourth-order valence-corrected chi connectivity index (χ4v) is 3.65. The molecule has 6 nitrogen and oxygen atoms in total. The zero-order valence-electron chi connectivity index (χ0n) is 13.8. The highest BCUT2D eigenvalue weighted by Gasteiger charge is 2.34. The van der Waals surface area contributed by atoms with Crippen LogP contribution in [0.3, 0.4) is 0 Å². The van der Waals surface area contributed by atoms with E-state index in [0.29, 0.717) is 5.92 Å². The Balaban J connectivity index is 1.39. The van der Waals surface area contributed by atoms with Crippen LogP contribution in [-0.4, -0.2) is 58.7 Å². The van der Waals surface area contributed by atoms with Crippen LogP contribution in [0.25, 0.3) is 0 Å². The van der Waals surface area contributed by atoms with Gasteiger partial charge in [0.2, 0.25) is 5.95 Å². The van der Waals surface area contributed by atoms with E-state index in [9.17, 15) is 0 Å². The summed E-state index contributed by atoms with van der Waals surface area (Å²) in [4.78, 5) is 17.6. The summed E-state index contributed by atoms with van der Waals surface area (Å²) in [6.07, 6.45) is 8.73. The molecule has 2 aromatic heterocycles. The van der Waals surface area contributed by atoms with E-state index in [0.717, 1.165) is 51.7 Å². The Morgan fingerprint density at radius 3 is 2.71 bits per heavy atom. The van der Waals surface area contributed by atoms with E-state index in [1.807, 2.05) is 18.5 Å². The van der Waals surface area contributed by atoms with Gasteiger partial charge in [0.1, 0.15) is 0 Å². The topological polar surface area (TPSA) is 54.4 Å². The number of anilines is 1. The van der Waals surface area contributed by atoms with Crippen LogP contribution in [0.4, 0.5) is 5.95 Å². The van der Waals surface area contributed by atoms with Crippen LogP contribution in [0.15, 0.2) is 43.0 Å². The molecule has 0 aliphatic carbocycles. The van der Waals surface area contributed by atoms with Gasteiger partial charge in [-0.1, -0.05) is 0 Å². The number of ether oxygens (including phenoxy) is 1. The second kappa shape index (κ2) is 7.23. The van der Waals surface area contributed by atoms with Gasteiger partial charge in [-0.05, 0) is 30.2 Å². The first-order valence-corrected chi connectivity index (χ1v) is 8.63. The van der Waals surface area contributed by atoms with E-state index in [1.54, 1.807) is 12.4 Å². The van der Waals surface area contributed by atoms with E-state index in [1.165, 1.54) is 5.56 Å². The van der Waals surface area contributed by atoms with Crippen molar-refractivity contribution in [2.75, 3.05) is 37.7 Å². The monoisotopic (exact) mass is 325 g/mol. The van der Waals surface area contributed by atoms with Crippen LogP contribution in [-0.2, 0) is 11.3 Å². The van der Waals surface area contributed by atoms with Gasteiger partial charge < -0.3 is 9.64 Å². The van der Waals surface area contributed by atoms with Gasteiger partial charge in [-0.25, -0.2) is 9.97 Å². The molecule has 6 heteroatoms. The van der Waals surface area contributed by atoms with Gasteiger partial charge in [0, 0.05) is 63.4 Å². The van der Waals surface area contributed by atoms with E-state index >= 15 is 0 Å². The predicted molar refractivity (Wildman–Crippen MR) is 91.6 cm³/mol. The average Bonchev–Trinajstić information content (AvgIpc) is 2.84. The molecule has 4 rings (SSSR count). The van der Waals surface area contributed by atoms with Crippen LogP contribution in [0.2, 0.25) is 0 Å². The third-order valence-electron chi connectivity index (χ3n) is 4.92. The Morgan fingerprint density at radius 2 is 1.88 bits per heavy atom. The van der Waals surface area contributed by atoms with Gasteiger partial charge >= 0.3 is 0 Å². The lowest BCUT2D eigenvalue weighted by Gasteiger charge is -2.38. The molecule has 2 atom stereocenters. The van der Waals surface area contributed by atoms with Crippen LogP contribution in [0, 0.1) is 5.92 Å². The number of hydrogen-bond acceptors (Lipinski definition) is 6. The first-order valence-electron chi connectivity index (χ1n) is 8.63. The Labute approximate surface area is 142 Å². The standard InChI is InChI=1S/C18H23N5O/c1-5-20-18(21-6-1)23-9-4-16-13-22(10-11-24-17(16)14-23)12-15-2-7-19-8-3-15/h1-3,5-8,16-17H,4,9-14H2/t16-,17-/m0/s1. The summed E-state index contributed by atoms with van der Waals surface area (Å²) in [6, 6.07) is 6.05. The molecular formula is C18H23N5O. The van der Waals surface area contributed by atoms with Gasteiger partial charge in [-0.3, -0.25) is 9.88 Å². The Kier molecular flexibility index (Phi) is 4.66. The number of nitrogens with zero attached hydrogens (tertiary/aromatic N) is 5. The van der Waals surface area contributed by atoms with Crippen LogP contribution < -0.4 is 4.90 Å². The lowest BCUT2D eigenvalue weighted by molar-refractivity contribution is 0.0249. The molecule has 2 aliphatic rings. The van der Waals surface area contributed by atoms with Crippen molar-refractivity contribution in [2.45, 2.75) is 19.1 Å². The highest BCUT2D eigenvalue weighted by molar-refractivity contribution is 5.29. The summed E-state index contributed by atoms with van der Waals surface area (Å²) in [5.41, 5.74) is 1.32. The number of hydrogen-bond donors (Lipinski definition) is 0. The van der Waals surface area contributed by atoms with E-state index in [4.69, 9.17) is 4.74 Å². The molecule has 0 N–H and O–H groups in total. The number of fused-ring (bicyclic) bond motifs is 1. The molecule has 0 amide bonds. The summed E-state index contributed by atoms with van der Waals surface area (Å²) in [5, 5.41) is 0. The minimum Gasteiger partial charge on any atom is -0.375 e. The molecule has 0 radical (unpaired) electrons. The van der Waals surface area contributed by atoms with Gasteiger partial charge in [0.05, 0.1) is 12.7 Å². The van der Waals surface area contributed by atoms with Crippen molar-refractivity contribution in [2.24, 2.45) is 5.92 Å². The molecule has 0 spiro atoms. The maximum absolute atomic E-state index is 6.18. The predicted octanol–water partition coefficient (Wildman–Crippen LogP) is 1.60. The molecule has 2 aliphatic heterocycles. The molecular weight excluding hydrogens is 302 g/mol.